The van der Waals surface area contributed by atoms with E-state index in [2.05, 4.69) is 17.4 Å². The van der Waals surface area contributed by atoms with Gasteiger partial charge in [0.2, 0.25) is 0 Å². The van der Waals surface area contributed by atoms with Gasteiger partial charge in [0.05, 0.1) is 26.4 Å². The maximum Gasteiger partial charge on any atom is 0.337 e. The third-order valence-corrected chi connectivity index (χ3v) is 2.71. The maximum absolute atomic E-state index is 11.4. The Labute approximate surface area is 113 Å². The van der Waals surface area contributed by atoms with Crippen LogP contribution in [0.1, 0.15) is 23.2 Å². The van der Waals surface area contributed by atoms with Crippen LogP contribution in [0, 0.1) is 0 Å². The number of methoxy groups -OCH3 is 2. The summed E-state index contributed by atoms with van der Waals surface area (Å²) in [5.41, 5.74) is 0.442. The van der Waals surface area contributed by atoms with E-state index < -0.39 is 5.97 Å². The van der Waals surface area contributed by atoms with Crippen LogP contribution in [0.15, 0.2) is 18.2 Å². The SMILES string of the molecule is COC(=O)c1ccc(OCCCCS)c(OC)c1. The molecule has 4 nitrogen and oxygen atoms in total. The van der Waals surface area contributed by atoms with Crippen molar-refractivity contribution in [1.82, 2.24) is 0 Å². The Morgan fingerprint density at radius 3 is 2.61 bits per heavy atom. The molecule has 0 N–H and O–H groups in total. The summed E-state index contributed by atoms with van der Waals surface area (Å²) in [6.45, 7) is 0.606. The maximum atomic E-state index is 11.4. The monoisotopic (exact) mass is 270 g/mol. The predicted octanol–water partition coefficient (Wildman–Crippen LogP) is 2.57. The van der Waals surface area contributed by atoms with Gasteiger partial charge in [-0.3, -0.25) is 0 Å². The number of esters is 1. The first kappa shape index (κ1) is 14.7. The van der Waals surface area contributed by atoms with Crippen molar-refractivity contribution in [2.45, 2.75) is 12.8 Å². The Hall–Kier alpha value is -1.36. The highest BCUT2D eigenvalue weighted by Gasteiger charge is 2.11. The van der Waals surface area contributed by atoms with Gasteiger partial charge < -0.3 is 14.2 Å². The van der Waals surface area contributed by atoms with Gasteiger partial charge in [-0.15, -0.1) is 0 Å². The molecule has 0 spiro atoms. The number of carbonyl (C=O) groups is 1. The number of carbonyl (C=O) groups excluding carboxylic acids is 1. The summed E-state index contributed by atoms with van der Waals surface area (Å²) in [5.74, 6) is 1.62. The lowest BCUT2D eigenvalue weighted by atomic mass is 10.2. The van der Waals surface area contributed by atoms with E-state index >= 15 is 0 Å². The van der Waals surface area contributed by atoms with E-state index in [1.807, 2.05) is 0 Å². The zero-order valence-corrected chi connectivity index (χ0v) is 11.5. The quantitative estimate of drug-likeness (QED) is 0.470. The minimum absolute atomic E-state index is 0.394. The number of rotatable bonds is 7. The number of thiol groups is 1. The van der Waals surface area contributed by atoms with Crippen LogP contribution in [0.3, 0.4) is 0 Å². The molecule has 0 fully saturated rings. The molecule has 0 unspecified atom stereocenters. The van der Waals surface area contributed by atoms with Crippen molar-refractivity contribution < 1.29 is 19.0 Å². The van der Waals surface area contributed by atoms with Crippen molar-refractivity contribution in [3.05, 3.63) is 23.8 Å². The molecular formula is C13H18O4S. The summed E-state index contributed by atoms with van der Waals surface area (Å²) in [6, 6.07) is 4.98. The first-order valence-electron chi connectivity index (χ1n) is 5.73. The number of hydrogen-bond acceptors (Lipinski definition) is 5. The van der Waals surface area contributed by atoms with E-state index in [1.165, 1.54) is 14.2 Å². The Balaban J connectivity index is 2.71. The van der Waals surface area contributed by atoms with Gasteiger partial charge in [-0.05, 0) is 36.8 Å². The van der Waals surface area contributed by atoms with Crippen molar-refractivity contribution in [1.29, 1.82) is 0 Å². The third-order valence-electron chi connectivity index (χ3n) is 2.39. The summed E-state index contributed by atoms with van der Waals surface area (Å²) >= 11 is 4.13. The Kier molecular flexibility index (Phi) is 6.43. The normalized spacial score (nSPS) is 9.94. The van der Waals surface area contributed by atoms with Gasteiger partial charge in [0.25, 0.3) is 0 Å². The average molecular weight is 270 g/mol. The Bertz CT molecular complexity index is 393. The van der Waals surface area contributed by atoms with E-state index in [-0.39, 0.29) is 0 Å². The van der Waals surface area contributed by atoms with Gasteiger partial charge in [-0.2, -0.15) is 12.6 Å². The second-order valence-corrected chi connectivity index (χ2v) is 4.08. The Morgan fingerprint density at radius 2 is 2.00 bits per heavy atom. The highest BCUT2D eigenvalue weighted by atomic mass is 32.1. The van der Waals surface area contributed by atoms with Gasteiger partial charge in [-0.1, -0.05) is 0 Å². The number of ether oxygens (including phenoxy) is 3. The molecule has 5 heteroatoms. The number of benzene rings is 1. The van der Waals surface area contributed by atoms with E-state index in [0.29, 0.717) is 23.7 Å². The van der Waals surface area contributed by atoms with Crippen molar-refractivity contribution >= 4 is 18.6 Å². The summed E-state index contributed by atoms with van der Waals surface area (Å²) in [7, 11) is 2.88. The molecule has 0 heterocycles. The van der Waals surface area contributed by atoms with E-state index in [1.54, 1.807) is 18.2 Å². The molecule has 0 amide bonds. The van der Waals surface area contributed by atoms with Gasteiger partial charge >= 0.3 is 5.97 Å². The zero-order chi connectivity index (χ0) is 13.4. The second-order valence-electron chi connectivity index (χ2n) is 3.64. The largest absolute Gasteiger partial charge is 0.493 e. The molecule has 0 aromatic heterocycles. The molecule has 1 aromatic rings. The van der Waals surface area contributed by atoms with Crippen LogP contribution in [-0.2, 0) is 4.74 Å². The van der Waals surface area contributed by atoms with Crippen LogP contribution in [-0.4, -0.2) is 32.5 Å². The Morgan fingerprint density at radius 1 is 1.22 bits per heavy atom. The summed E-state index contributed by atoms with van der Waals surface area (Å²) in [4.78, 5) is 11.4. The molecule has 18 heavy (non-hydrogen) atoms. The minimum atomic E-state index is -0.394. The second kappa shape index (κ2) is 7.87. The smallest absolute Gasteiger partial charge is 0.337 e. The van der Waals surface area contributed by atoms with Crippen LogP contribution in [0.4, 0.5) is 0 Å². The molecule has 0 saturated carbocycles. The van der Waals surface area contributed by atoms with Crippen molar-refractivity contribution in [3.8, 4) is 11.5 Å². The van der Waals surface area contributed by atoms with Crippen LogP contribution in [0.25, 0.3) is 0 Å². The number of unbranched alkanes of at least 4 members (excludes halogenated alkanes) is 1. The van der Waals surface area contributed by atoms with Gasteiger partial charge in [0, 0.05) is 0 Å². The van der Waals surface area contributed by atoms with Gasteiger partial charge in [-0.25, -0.2) is 4.79 Å². The molecule has 0 aliphatic rings. The third kappa shape index (κ3) is 4.14. The van der Waals surface area contributed by atoms with Crippen molar-refractivity contribution in [2.75, 3.05) is 26.6 Å². The van der Waals surface area contributed by atoms with Gasteiger partial charge in [0.1, 0.15) is 0 Å². The summed E-state index contributed by atoms with van der Waals surface area (Å²) < 4.78 is 15.4. The highest BCUT2D eigenvalue weighted by molar-refractivity contribution is 7.80. The molecule has 0 bridgehead atoms. The van der Waals surface area contributed by atoms with E-state index in [0.717, 1.165) is 18.6 Å². The standard InChI is InChI=1S/C13H18O4S/c1-15-12-9-10(13(14)16-2)5-6-11(12)17-7-3-4-8-18/h5-6,9,18H,3-4,7-8H2,1-2H3. The molecule has 0 aliphatic heterocycles. The van der Waals surface area contributed by atoms with Crippen LogP contribution < -0.4 is 9.47 Å². The predicted molar refractivity (Wildman–Crippen MR) is 72.9 cm³/mol. The van der Waals surface area contributed by atoms with Gasteiger partial charge in [0.15, 0.2) is 11.5 Å². The molecule has 0 radical (unpaired) electrons. The lowest BCUT2D eigenvalue weighted by molar-refractivity contribution is 0.0600. The minimum Gasteiger partial charge on any atom is -0.493 e. The topological polar surface area (TPSA) is 44.8 Å². The fraction of sp³-hybridized carbons (Fsp3) is 0.462. The molecule has 100 valence electrons. The fourth-order valence-corrected chi connectivity index (χ4v) is 1.65. The van der Waals surface area contributed by atoms with E-state index in [9.17, 15) is 4.79 Å². The average Bonchev–Trinajstić information content (AvgIpc) is 2.42. The molecule has 0 saturated heterocycles. The molecule has 0 aliphatic carbocycles. The van der Waals surface area contributed by atoms with Crippen molar-refractivity contribution in [3.63, 3.8) is 0 Å². The highest BCUT2D eigenvalue weighted by Crippen LogP contribution is 2.28. The lowest BCUT2D eigenvalue weighted by Gasteiger charge is -2.11. The molecular weight excluding hydrogens is 252 g/mol. The lowest BCUT2D eigenvalue weighted by Crippen LogP contribution is -2.04. The van der Waals surface area contributed by atoms with Crippen molar-refractivity contribution in [2.24, 2.45) is 0 Å². The van der Waals surface area contributed by atoms with E-state index in [4.69, 9.17) is 9.47 Å². The molecule has 1 aromatic carbocycles. The van der Waals surface area contributed by atoms with Crippen LogP contribution in [0.5, 0.6) is 11.5 Å². The van der Waals surface area contributed by atoms with Crippen LogP contribution in [0.2, 0.25) is 0 Å². The number of hydrogen-bond donors (Lipinski definition) is 1. The zero-order valence-electron chi connectivity index (χ0n) is 10.6. The molecule has 0 atom stereocenters. The summed E-state index contributed by atoms with van der Waals surface area (Å²) in [5, 5.41) is 0. The van der Waals surface area contributed by atoms with Crippen LogP contribution >= 0.6 is 12.6 Å². The molecule has 1 rings (SSSR count). The summed E-state index contributed by atoms with van der Waals surface area (Å²) in [6.07, 6.45) is 1.94. The first-order valence-corrected chi connectivity index (χ1v) is 6.36. The fourth-order valence-electron chi connectivity index (χ4n) is 1.43. The first-order chi connectivity index (χ1) is 8.72.